The molecular weight excluding hydrogens is 270 g/mol. The van der Waals surface area contributed by atoms with Crippen molar-refractivity contribution in [3.8, 4) is 0 Å². The van der Waals surface area contributed by atoms with Gasteiger partial charge in [0.05, 0.1) is 0 Å². The Balaban J connectivity index is 1.96. The molecule has 2 aromatic rings. The first-order valence-corrected chi connectivity index (χ1v) is 6.96. The minimum atomic E-state index is -3.60. The van der Waals surface area contributed by atoms with Crippen molar-refractivity contribution in [2.24, 2.45) is 0 Å². The summed E-state index contributed by atoms with van der Waals surface area (Å²) in [4.78, 5) is 7.76. The lowest BCUT2D eigenvalue weighted by atomic mass is 10.4. The first kappa shape index (κ1) is 13.4. The highest BCUT2D eigenvalue weighted by atomic mass is 32.2. The van der Waals surface area contributed by atoms with Crippen LogP contribution in [0.25, 0.3) is 0 Å². The van der Waals surface area contributed by atoms with E-state index >= 15 is 0 Å². The largest absolute Gasteiger partial charge is 0.384 e. The van der Waals surface area contributed by atoms with Gasteiger partial charge in [-0.1, -0.05) is 5.16 Å². The van der Waals surface area contributed by atoms with Gasteiger partial charge in [-0.2, -0.15) is 4.98 Å². The highest BCUT2D eigenvalue weighted by molar-refractivity contribution is 7.89. The summed E-state index contributed by atoms with van der Waals surface area (Å²) >= 11 is 0. The minimum absolute atomic E-state index is 0.0587. The standard InChI is InChI=1S/C10H13N5O3S/c1-7-14-10(18-15-7)4-5-13-19(16,17)8-2-3-9(11)12-6-8/h2-3,6,13H,4-5H2,1H3,(H2,11,12). The molecule has 9 heteroatoms. The van der Waals surface area contributed by atoms with Gasteiger partial charge in [-0.25, -0.2) is 18.1 Å². The number of pyridine rings is 1. The lowest BCUT2D eigenvalue weighted by molar-refractivity contribution is 0.375. The van der Waals surface area contributed by atoms with Gasteiger partial charge in [0.2, 0.25) is 15.9 Å². The number of anilines is 1. The molecule has 8 nitrogen and oxygen atoms in total. The number of nitrogen functional groups attached to an aromatic ring is 1. The lowest BCUT2D eigenvalue weighted by Crippen LogP contribution is -2.26. The maximum absolute atomic E-state index is 11.9. The fourth-order valence-electron chi connectivity index (χ4n) is 1.37. The van der Waals surface area contributed by atoms with Crippen molar-refractivity contribution in [3.63, 3.8) is 0 Å². The quantitative estimate of drug-likeness (QED) is 0.783. The number of rotatable bonds is 5. The number of sulfonamides is 1. The summed E-state index contributed by atoms with van der Waals surface area (Å²) in [6.45, 7) is 1.85. The molecule has 0 radical (unpaired) electrons. The Morgan fingerprint density at radius 1 is 1.42 bits per heavy atom. The number of nitrogens with two attached hydrogens (primary N) is 1. The van der Waals surface area contributed by atoms with Crippen LogP contribution < -0.4 is 10.5 Å². The molecule has 0 aliphatic carbocycles. The predicted octanol–water partition coefficient (Wildman–Crippen LogP) is -0.124. The number of hydrogen-bond donors (Lipinski definition) is 2. The van der Waals surface area contributed by atoms with E-state index in [1.54, 1.807) is 6.92 Å². The number of hydrogen-bond acceptors (Lipinski definition) is 7. The molecule has 0 fully saturated rings. The van der Waals surface area contributed by atoms with Gasteiger partial charge in [0, 0.05) is 19.2 Å². The summed E-state index contributed by atoms with van der Waals surface area (Å²) in [6, 6.07) is 2.82. The molecule has 0 saturated heterocycles. The van der Waals surface area contributed by atoms with Crippen molar-refractivity contribution in [3.05, 3.63) is 30.0 Å². The van der Waals surface area contributed by atoms with Crippen LogP contribution in [-0.2, 0) is 16.4 Å². The van der Waals surface area contributed by atoms with Gasteiger partial charge < -0.3 is 10.3 Å². The Labute approximate surface area is 110 Å². The summed E-state index contributed by atoms with van der Waals surface area (Å²) in [6.07, 6.45) is 1.52. The fraction of sp³-hybridized carbons (Fsp3) is 0.300. The van der Waals surface area contributed by atoms with Crippen molar-refractivity contribution in [1.82, 2.24) is 19.8 Å². The molecule has 0 atom stereocenters. The molecule has 2 heterocycles. The maximum Gasteiger partial charge on any atom is 0.242 e. The van der Waals surface area contributed by atoms with Gasteiger partial charge in [0.15, 0.2) is 5.82 Å². The molecule has 102 valence electrons. The summed E-state index contributed by atoms with van der Waals surface area (Å²) in [5.74, 6) is 1.16. The van der Waals surface area contributed by atoms with Gasteiger partial charge in [-0.05, 0) is 19.1 Å². The Kier molecular flexibility index (Phi) is 3.76. The van der Waals surface area contributed by atoms with Crippen LogP contribution in [0.1, 0.15) is 11.7 Å². The molecule has 0 aliphatic heterocycles. The minimum Gasteiger partial charge on any atom is -0.384 e. The molecule has 3 N–H and O–H groups in total. The predicted molar refractivity (Wildman–Crippen MR) is 66.6 cm³/mol. The number of aryl methyl sites for hydroxylation is 1. The summed E-state index contributed by atoms with van der Waals surface area (Å²) in [5.41, 5.74) is 5.39. The van der Waals surface area contributed by atoms with Crippen molar-refractivity contribution in [1.29, 1.82) is 0 Å². The van der Waals surface area contributed by atoms with E-state index in [-0.39, 0.29) is 17.3 Å². The van der Waals surface area contributed by atoms with Crippen LogP contribution in [0.3, 0.4) is 0 Å². The van der Waals surface area contributed by atoms with E-state index in [0.29, 0.717) is 18.1 Å². The van der Waals surface area contributed by atoms with Gasteiger partial charge >= 0.3 is 0 Å². The average molecular weight is 283 g/mol. The van der Waals surface area contributed by atoms with Crippen molar-refractivity contribution in [2.75, 3.05) is 12.3 Å². The number of aromatic nitrogens is 3. The second-order valence-electron chi connectivity index (χ2n) is 3.80. The van der Waals surface area contributed by atoms with Crippen molar-refractivity contribution in [2.45, 2.75) is 18.2 Å². The zero-order valence-electron chi connectivity index (χ0n) is 10.2. The summed E-state index contributed by atoms with van der Waals surface area (Å²) in [7, 11) is -3.60. The molecule has 0 aromatic carbocycles. The lowest BCUT2D eigenvalue weighted by Gasteiger charge is -2.05. The van der Waals surface area contributed by atoms with Crippen LogP contribution in [0.5, 0.6) is 0 Å². The van der Waals surface area contributed by atoms with Gasteiger partial charge in [-0.3, -0.25) is 0 Å². The average Bonchev–Trinajstić information content (AvgIpc) is 2.75. The van der Waals surface area contributed by atoms with Crippen LogP contribution in [0, 0.1) is 6.92 Å². The van der Waals surface area contributed by atoms with Crippen molar-refractivity contribution >= 4 is 15.8 Å². The third-order valence-electron chi connectivity index (χ3n) is 2.27. The molecule has 0 saturated carbocycles. The molecular formula is C10H13N5O3S. The third kappa shape index (κ3) is 3.48. The van der Waals surface area contributed by atoms with E-state index in [4.69, 9.17) is 10.3 Å². The van der Waals surface area contributed by atoms with Gasteiger partial charge in [0.1, 0.15) is 10.7 Å². The zero-order valence-corrected chi connectivity index (χ0v) is 11.0. The Bertz CT molecular complexity index is 650. The molecule has 19 heavy (non-hydrogen) atoms. The Morgan fingerprint density at radius 2 is 2.21 bits per heavy atom. The molecule has 0 aliphatic rings. The summed E-state index contributed by atoms with van der Waals surface area (Å²) in [5, 5.41) is 3.61. The van der Waals surface area contributed by atoms with Crippen LogP contribution in [0.15, 0.2) is 27.7 Å². The van der Waals surface area contributed by atoms with Gasteiger partial charge in [-0.15, -0.1) is 0 Å². The Hall–Kier alpha value is -2.00. The SMILES string of the molecule is Cc1noc(CCNS(=O)(=O)c2ccc(N)nc2)n1. The maximum atomic E-state index is 11.9. The molecule has 0 amide bonds. The van der Waals surface area contributed by atoms with E-state index in [9.17, 15) is 8.42 Å². The normalized spacial score (nSPS) is 11.6. The van der Waals surface area contributed by atoms with Crippen LogP contribution in [-0.4, -0.2) is 30.1 Å². The second kappa shape index (κ2) is 5.33. The van der Waals surface area contributed by atoms with E-state index in [0.717, 1.165) is 0 Å². The Morgan fingerprint density at radius 3 is 2.79 bits per heavy atom. The second-order valence-corrected chi connectivity index (χ2v) is 5.57. The van der Waals surface area contributed by atoms with E-state index < -0.39 is 10.0 Å². The van der Waals surface area contributed by atoms with E-state index in [1.807, 2.05) is 0 Å². The number of nitrogens with zero attached hydrogens (tertiary/aromatic N) is 3. The first-order valence-electron chi connectivity index (χ1n) is 5.48. The van der Waals surface area contributed by atoms with Crippen LogP contribution in [0.2, 0.25) is 0 Å². The highest BCUT2D eigenvalue weighted by Crippen LogP contribution is 2.08. The third-order valence-corrected chi connectivity index (χ3v) is 3.72. The van der Waals surface area contributed by atoms with Crippen molar-refractivity contribution < 1.29 is 12.9 Å². The smallest absolute Gasteiger partial charge is 0.242 e. The number of nitrogens with one attached hydrogen (secondary N) is 1. The molecule has 0 bridgehead atoms. The van der Waals surface area contributed by atoms with E-state index in [2.05, 4.69) is 19.8 Å². The van der Waals surface area contributed by atoms with Crippen LogP contribution in [0.4, 0.5) is 5.82 Å². The molecule has 0 spiro atoms. The molecule has 0 unspecified atom stereocenters. The zero-order chi connectivity index (χ0) is 13.9. The highest BCUT2D eigenvalue weighted by Gasteiger charge is 2.14. The van der Waals surface area contributed by atoms with Crippen LogP contribution >= 0.6 is 0 Å². The molecule has 2 aromatic heterocycles. The van der Waals surface area contributed by atoms with Gasteiger partial charge in [0.25, 0.3) is 0 Å². The van der Waals surface area contributed by atoms with E-state index in [1.165, 1.54) is 18.3 Å². The molecule has 2 rings (SSSR count). The fourth-order valence-corrected chi connectivity index (χ4v) is 2.34. The first-order chi connectivity index (χ1) is 8.97. The monoisotopic (exact) mass is 283 g/mol. The topological polar surface area (TPSA) is 124 Å². The summed E-state index contributed by atoms with van der Waals surface area (Å²) < 4.78 is 31.1.